The molecule has 114 valence electrons. The first-order chi connectivity index (χ1) is 10.7. The molecule has 0 aliphatic carbocycles. The van der Waals surface area contributed by atoms with E-state index >= 15 is 0 Å². The predicted molar refractivity (Wildman–Crippen MR) is 82.6 cm³/mol. The average molecular weight is 298 g/mol. The van der Waals surface area contributed by atoms with E-state index in [-0.39, 0.29) is 12.0 Å². The van der Waals surface area contributed by atoms with Crippen LogP contribution < -0.4 is 5.32 Å². The third-order valence-electron chi connectivity index (χ3n) is 3.61. The van der Waals surface area contributed by atoms with E-state index in [2.05, 4.69) is 27.7 Å². The summed E-state index contributed by atoms with van der Waals surface area (Å²) in [7, 11) is 1.74. The highest BCUT2D eigenvalue weighted by Crippen LogP contribution is 2.15. The molecule has 0 spiro atoms. The summed E-state index contributed by atoms with van der Waals surface area (Å²) in [4.78, 5) is 17.4. The lowest BCUT2D eigenvalue weighted by Crippen LogP contribution is -2.31. The third-order valence-corrected chi connectivity index (χ3v) is 3.61. The highest BCUT2D eigenvalue weighted by atomic mass is 16.6. The zero-order valence-electron chi connectivity index (χ0n) is 12.4. The Labute approximate surface area is 128 Å². The summed E-state index contributed by atoms with van der Waals surface area (Å²) in [5.41, 5.74) is 2.61. The number of oxime groups is 1. The molecule has 2 heterocycles. The first-order valence-electron chi connectivity index (χ1n) is 7.24. The molecule has 0 radical (unpaired) electrons. The molecule has 6 heteroatoms. The second-order valence-electron chi connectivity index (χ2n) is 5.30. The smallest absolute Gasteiger partial charge is 0.269 e. The number of hydrogen-bond acceptors (Lipinski definition) is 4. The molecule has 0 saturated heterocycles. The maximum atomic E-state index is 12.0. The summed E-state index contributed by atoms with van der Waals surface area (Å²) >= 11 is 0. The minimum Gasteiger partial charge on any atom is -0.392 e. The Morgan fingerprint density at radius 3 is 2.91 bits per heavy atom. The van der Waals surface area contributed by atoms with Gasteiger partial charge >= 0.3 is 0 Å². The van der Waals surface area contributed by atoms with Crippen LogP contribution in [0.4, 0.5) is 0 Å². The van der Waals surface area contributed by atoms with Crippen LogP contribution >= 0.6 is 0 Å². The van der Waals surface area contributed by atoms with E-state index in [1.165, 1.54) is 5.56 Å². The van der Waals surface area contributed by atoms with Gasteiger partial charge in [0.1, 0.15) is 11.8 Å². The summed E-state index contributed by atoms with van der Waals surface area (Å²) in [6, 6.07) is 11.9. The van der Waals surface area contributed by atoms with E-state index in [1.807, 2.05) is 18.2 Å². The molecule has 1 aromatic carbocycles. The van der Waals surface area contributed by atoms with Crippen LogP contribution in [0, 0.1) is 0 Å². The number of carbonyl (C=O) groups excluding carboxylic acids is 1. The van der Waals surface area contributed by atoms with E-state index in [0.717, 1.165) is 18.6 Å². The second kappa shape index (κ2) is 6.43. The van der Waals surface area contributed by atoms with Gasteiger partial charge in [-0.2, -0.15) is 5.10 Å². The fourth-order valence-corrected chi connectivity index (χ4v) is 2.45. The van der Waals surface area contributed by atoms with E-state index < -0.39 is 0 Å². The number of nitrogens with zero attached hydrogens (tertiary/aromatic N) is 3. The lowest BCUT2D eigenvalue weighted by atomic mass is 10.0. The van der Waals surface area contributed by atoms with E-state index in [9.17, 15) is 4.79 Å². The Balaban J connectivity index is 1.47. The quantitative estimate of drug-likeness (QED) is 0.910. The van der Waals surface area contributed by atoms with Crippen molar-refractivity contribution in [1.82, 2.24) is 15.1 Å². The molecule has 6 nitrogen and oxygen atoms in total. The van der Waals surface area contributed by atoms with Gasteiger partial charge in [-0.25, -0.2) is 0 Å². The normalized spacial score (nSPS) is 17.0. The number of aromatic nitrogens is 2. The standard InChI is InChI=1S/C16H18N4O2/c1-20-15(7-8-18-20)16(21)17-11-13-10-14(22-19-13)9-12-5-3-2-4-6-12/h2-8,14H,9-11H2,1H3,(H,17,21). The molecule has 2 aromatic rings. The average Bonchev–Trinajstić information content (AvgIpc) is 3.15. The van der Waals surface area contributed by atoms with Crippen molar-refractivity contribution in [1.29, 1.82) is 0 Å². The van der Waals surface area contributed by atoms with Gasteiger partial charge in [-0.05, 0) is 11.6 Å². The van der Waals surface area contributed by atoms with Gasteiger partial charge < -0.3 is 10.2 Å². The van der Waals surface area contributed by atoms with Gasteiger partial charge in [0.05, 0.1) is 12.3 Å². The molecule has 1 unspecified atom stereocenters. The zero-order chi connectivity index (χ0) is 15.4. The number of hydrogen-bond donors (Lipinski definition) is 1. The monoisotopic (exact) mass is 298 g/mol. The van der Waals surface area contributed by atoms with E-state index in [0.29, 0.717) is 12.2 Å². The van der Waals surface area contributed by atoms with Gasteiger partial charge in [0.2, 0.25) is 0 Å². The van der Waals surface area contributed by atoms with Crippen LogP contribution in [0.25, 0.3) is 0 Å². The minimum absolute atomic E-state index is 0.0472. The Morgan fingerprint density at radius 2 is 2.18 bits per heavy atom. The van der Waals surface area contributed by atoms with Crippen molar-refractivity contribution >= 4 is 11.6 Å². The highest BCUT2D eigenvalue weighted by molar-refractivity contribution is 5.96. The van der Waals surface area contributed by atoms with Crippen molar-refractivity contribution in [2.24, 2.45) is 12.2 Å². The lowest BCUT2D eigenvalue weighted by molar-refractivity contribution is 0.0859. The van der Waals surface area contributed by atoms with Crippen molar-refractivity contribution < 1.29 is 9.63 Å². The van der Waals surface area contributed by atoms with E-state index in [1.54, 1.807) is 24.0 Å². The molecule has 1 aliphatic rings. The van der Waals surface area contributed by atoms with Gasteiger partial charge in [-0.3, -0.25) is 9.48 Å². The third kappa shape index (κ3) is 3.33. The topological polar surface area (TPSA) is 68.5 Å². The molecular weight excluding hydrogens is 280 g/mol. The van der Waals surface area contributed by atoms with Crippen LogP contribution in [0.5, 0.6) is 0 Å². The SMILES string of the molecule is Cn1nccc1C(=O)NCC1=NOC(Cc2ccccc2)C1. The van der Waals surface area contributed by atoms with Crippen molar-refractivity contribution in [2.45, 2.75) is 18.9 Å². The Morgan fingerprint density at radius 1 is 1.36 bits per heavy atom. The Bertz CT molecular complexity index is 678. The summed E-state index contributed by atoms with van der Waals surface area (Å²) in [6.45, 7) is 0.398. The molecule has 1 N–H and O–H groups in total. The first kappa shape index (κ1) is 14.3. The molecule has 1 aliphatic heterocycles. The van der Waals surface area contributed by atoms with Crippen LogP contribution in [0.1, 0.15) is 22.5 Å². The number of carbonyl (C=O) groups is 1. The first-order valence-corrected chi connectivity index (χ1v) is 7.24. The summed E-state index contributed by atoms with van der Waals surface area (Å²) in [6.07, 6.45) is 3.21. The molecule has 1 amide bonds. The molecule has 0 fully saturated rings. The summed E-state index contributed by atoms with van der Waals surface area (Å²) in [5.74, 6) is -0.158. The fourth-order valence-electron chi connectivity index (χ4n) is 2.45. The molecule has 0 bridgehead atoms. The molecule has 0 saturated carbocycles. The predicted octanol–water partition coefficient (Wildman–Crippen LogP) is 1.54. The Kier molecular flexibility index (Phi) is 4.18. The number of nitrogens with one attached hydrogen (secondary N) is 1. The molecule has 1 aromatic heterocycles. The molecule has 22 heavy (non-hydrogen) atoms. The van der Waals surface area contributed by atoms with Crippen molar-refractivity contribution in [3.8, 4) is 0 Å². The van der Waals surface area contributed by atoms with E-state index in [4.69, 9.17) is 4.84 Å². The van der Waals surface area contributed by atoms with Crippen LogP contribution in [-0.2, 0) is 18.3 Å². The van der Waals surface area contributed by atoms with Crippen LogP contribution in [0.2, 0.25) is 0 Å². The molecular formula is C16H18N4O2. The fraction of sp³-hybridized carbons (Fsp3) is 0.312. The molecule has 3 rings (SSSR count). The second-order valence-corrected chi connectivity index (χ2v) is 5.30. The van der Waals surface area contributed by atoms with Crippen molar-refractivity contribution in [2.75, 3.05) is 6.54 Å². The van der Waals surface area contributed by atoms with Gasteiger partial charge in [-0.1, -0.05) is 35.5 Å². The number of rotatable bonds is 5. The molecule has 1 atom stereocenters. The van der Waals surface area contributed by atoms with Gasteiger partial charge in [0, 0.05) is 26.1 Å². The van der Waals surface area contributed by atoms with Gasteiger partial charge in [-0.15, -0.1) is 0 Å². The highest BCUT2D eigenvalue weighted by Gasteiger charge is 2.22. The van der Waals surface area contributed by atoms with Crippen LogP contribution in [0.3, 0.4) is 0 Å². The van der Waals surface area contributed by atoms with Crippen LogP contribution in [0.15, 0.2) is 47.8 Å². The summed E-state index contributed by atoms with van der Waals surface area (Å²) < 4.78 is 1.54. The summed E-state index contributed by atoms with van der Waals surface area (Å²) in [5, 5.41) is 10.9. The maximum absolute atomic E-state index is 12.0. The zero-order valence-corrected chi connectivity index (χ0v) is 12.4. The lowest BCUT2D eigenvalue weighted by Gasteiger charge is -2.08. The van der Waals surface area contributed by atoms with Gasteiger partial charge in [0.15, 0.2) is 0 Å². The Hall–Kier alpha value is -2.63. The van der Waals surface area contributed by atoms with Gasteiger partial charge in [0.25, 0.3) is 5.91 Å². The van der Waals surface area contributed by atoms with Crippen molar-refractivity contribution in [3.63, 3.8) is 0 Å². The number of aryl methyl sites for hydroxylation is 1. The van der Waals surface area contributed by atoms with Crippen molar-refractivity contribution in [3.05, 3.63) is 53.9 Å². The number of benzene rings is 1. The largest absolute Gasteiger partial charge is 0.392 e. The minimum atomic E-state index is -0.158. The maximum Gasteiger partial charge on any atom is 0.269 e. The number of amides is 1. The van der Waals surface area contributed by atoms with Crippen LogP contribution in [-0.4, -0.2) is 34.0 Å².